The molecule has 3 aromatic carbocycles. The zero-order valence-electron chi connectivity index (χ0n) is 18.3. The number of methoxy groups -OCH3 is 1. The molecular weight excluding hydrogens is 492 g/mol. The summed E-state index contributed by atoms with van der Waals surface area (Å²) in [5.74, 6) is 0.624. The Hall–Kier alpha value is -2.83. The molecule has 0 bridgehead atoms. The van der Waals surface area contributed by atoms with Crippen molar-refractivity contribution >= 4 is 51.0 Å². The molecule has 0 aliphatic heterocycles. The SMILES string of the molecule is COc1cc(C=Nc2ccc(C)c(C)c2)cc(Br)c1OCC(=O)Nc1ccc(C)c(Cl)c1. The van der Waals surface area contributed by atoms with Gasteiger partial charge >= 0.3 is 0 Å². The van der Waals surface area contributed by atoms with E-state index in [1.54, 1.807) is 25.5 Å². The summed E-state index contributed by atoms with van der Waals surface area (Å²) in [6, 6.07) is 15.1. The zero-order chi connectivity index (χ0) is 23.3. The van der Waals surface area contributed by atoms with Crippen molar-refractivity contribution in [1.82, 2.24) is 0 Å². The van der Waals surface area contributed by atoms with Crippen LogP contribution in [0.3, 0.4) is 0 Å². The fraction of sp³-hybridized carbons (Fsp3) is 0.200. The number of aryl methyl sites for hydroxylation is 3. The molecule has 0 spiro atoms. The van der Waals surface area contributed by atoms with E-state index in [9.17, 15) is 4.79 Å². The van der Waals surface area contributed by atoms with Gasteiger partial charge in [-0.15, -0.1) is 0 Å². The average molecular weight is 516 g/mol. The van der Waals surface area contributed by atoms with Gasteiger partial charge in [0.2, 0.25) is 0 Å². The van der Waals surface area contributed by atoms with Crippen molar-refractivity contribution in [1.29, 1.82) is 0 Å². The molecule has 0 heterocycles. The second-order valence-corrected chi connectivity index (χ2v) is 8.62. The lowest BCUT2D eigenvalue weighted by Gasteiger charge is -2.14. The highest BCUT2D eigenvalue weighted by molar-refractivity contribution is 9.10. The predicted octanol–water partition coefficient (Wildman–Crippen LogP) is 6.80. The normalized spacial score (nSPS) is 10.9. The van der Waals surface area contributed by atoms with Gasteiger partial charge in [-0.05, 0) is 95.4 Å². The maximum atomic E-state index is 12.3. The fourth-order valence-electron chi connectivity index (χ4n) is 2.91. The van der Waals surface area contributed by atoms with Crippen LogP contribution in [0.1, 0.15) is 22.3 Å². The lowest BCUT2D eigenvalue weighted by Crippen LogP contribution is -2.20. The second kappa shape index (κ2) is 10.7. The smallest absolute Gasteiger partial charge is 0.262 e. The van der Waals surface area contributed by atoms with Crippen LogP contribution in [0.2, 0.25) is 5.02 Å². The Bertz CT molecular complexity index is 1180. The number of anilines is 1. The monoisotopic (exact) mass is 514 g/mol. The third kappa shape index (κ3) is 6.11. The molecule has 0 aromatic heterocycles. The summed E-state index contributed by atoms with van der Waals surface area (Å²) >= 11 is 9.61. The Morgan fingerprint density at radius 2 is 1.81 bits per heavy atom. The first-order chi connectivity index (χ1) is 15.3. The van der Waals surface area contributed by atoms with Crippen LogP contribution < -0.4 is 14.8 Å². The summed E-state index contributed by atoms with van der Waals surface area (Å²) in [5.41, 5.74) is 5.67. The summed E-state index contributed by atoms with van der Waals surface area (Å²) in [6.45, 7) is 5.84. The number of benzene rings is 3. The molecule has 3 aromatic rings. The van der Waals surface area contributed by atoms with Crippen molar-refractivity contribution in [2.75, 3.05) is 19.0 Å². The molecule has 0 fully saturated rings. The second-order valence-electron chi connectivity index (χ2n) is 7.36. The molecule has 5 nitrogen and oxygen atoms in total. The molecule has 3 rings (SSSR count). The number of aliphatic imine (C=N–C) groups is 1. The van der Waals surface area contributed by atoms with Crippen molar-refractivity contribution in [2.24, 2.45) is 4.99 Å². The summed E-state index contributed by atoms with van der Waals surface area (Å²) in [7, 11) is 1.55. The fourth-order valence-corrected chi connectivity index (χ4v) is 3.67. The Balaban J connectivity index is 1.70. The summed E-state index contributed by atoms with van der Waals surface area (Å²) in [5, 5.41) is 3.36. The van der Waals surface area contributed by atoms with E-state index in [2.05, 4.69) is 40.1 Å². The van der Waals surface area contributed by atoms with Gasteiger partial charge in [0.05, 0.1) is 17.3 Å². The largest absolute Gasteiger partial charge is 0.493 e. The summed E-state index contributed by atoms with van der Waals surface area (Å²) in [6.07, 6.45) is 1.76. The number of nitrogens with one attached hydrogen (secondary N) is 1. The summed E-state index contributed by atoms with van der Waals surface area (Å²) < 4.78 is 11.9. The van der Waals surface area contributed by atoms with E-state index in [1.807, 2.05) is 43.3 Å². The number of carbonyl (C=O) groups excluding carboxylic acids is 1. The number of amides is 1. The lowest BCUT2D eigenvalue weighted by molar-refractivity contribution is -0.118. The topological polar surface area (TPSA) is 59.9 Å². The van der Waals surface area contributed by atoms with Crippen LogP contribution >= 0.6 is 27.5 Å². The highest BCUT2D eigenvalue weighted by Gasteiger charge is 2.14. The first-order valence-corrected chi connectivity index (χ1v) is 11.1. The number of carbonyl (C=O) groups is 1. The van der Waals surface area contributed by atoms with Crippen molar-refractivity contribution in [3.8, 4) is 11.5 Å². The van der Waals surface area contributed by atoms with E-state index in [1.165, 1.54) is 11.1 Å². The molecular formula is C25H24BrClN2O3. The third-order valence-corrected chi connectivity index (χ3v) is 5.90. The minimum absolute atomic E-state index is 0.184. The van der Waals surface area contributed by atoms with Crippen molar-refractivity contribution in [2.45, 2.75) is 20.8 Å². The maximum Gasteiger partial charge on any atom is 0.262 e. The minimum atomic E-state index is -0.306. The molecule has 0 radical (unpaired) electrons. The Morgan fingerprint density at radius 3 is 2.50 bits per heavy atom. The molecule has 32 heavy (non-hydrogen) atoms. The minimum Gasteiger partial charge on any atom is -0.493 e. The Morgan fingerprint density at radius 1 is 1.06 bits per heavy atom. The lowest BCUT2D eigenvalue weighted by atomic mass is 10.1. The van der Waals surface area contributed by atoms with Crippen LogP contribution in [-0.2, 0) is 4.79 Å². The van der Waals surface area contributed by atoms with Gasteiger partial charge in [-0.2, -0.15) is 0 Å². The van der Waals surface area contributed by atoms with Crippen molar-refractivity contribution < 1.29 is 14.3 Å². The van der Waals surface area contributed by atoms with Crippen molar-refractivity contribution in [3.05, 3.63) is 80.3 Å². The van der Waals surface area contributed by atoms with Gasteiger partial charge in [-0.25, -0.2) is 0 Å². The summed E-state index contributed by atoms with van der Waals surface area (Å²) in [4.78, 5) is 16.9. The molecule has 0 atom stereocenters. The first-order valence-electron chi connectivity index (χ1n) is 9.94. The van der Waals surface area contributed by atoms with E-state index in [4.69, 9.17) is 21.1 Å². The van der Waals surface area contributed by atoms with Crippen LogP contribution in [0, 0.1) is 20.8 Å². The molecule has 1 amide bonds. The van der Waals surface area contributed by atoms with E-state index < -0.39 is 0 Å². The van der Waals surface area contributed by atoms with Gasteiger partial charge in [-0.1, -0.05) is 23.7 Å². The van der Waals surface area contributed by atoms with E-state index in [-0.39, 0.29) is 12.5 Å². The van der Waals surface area contributed by atoms with Crippen LogP contribution in [0.25, 0.3) is 0 Å². The van der Waals surface area contributed by atoms with Gasteiger partial charge in [-0.3, -0.25) is 9.79 Å². The number of rotatable bonds is 7. The highest BCUT2D eigenvalue weighted by Crippen LogP contribution is 2.36. The molecule has 0 aliphatic carbocycles. The average Bonchev–Trinajstić information content (AvgIpc) is 2.76. The standard InChI is InChI=1S/C25H24BrClN2O3/c1-15-5-7-19(9-17(15)3)28-13-18-10-21(26)25(23(11-18)31-4)32-14-24(30)29-20-8-6-16(2)22(27)12-20/h5-13H,14H2,1-4H3,(H,29,30). The third-order valence-electron chi connectivity index (χ3n) is 4.91. The van der Waals surface area contributed by atoms with Gasteiger partial charge in [0, 0.05) is 16.9 Å². The van der Waals surface area contributed by atoms with E-state index in [0.29, 0.717) is 26.7 Å². The highest BCUT2D eigenvalue weighted by atomic mass is 79.9. The van der Waals surface area contributed by atoms with E-state index >= 15 is 0 Å². The number of hydrogen-bond acceptors (Lipinski definition) is 4. The predicted molar refractivity (Wildman–Crippen MR) is 134 cm³/mol. The molecule has 7 heteroatoms. The Kier molecular flexibility index (Phi) is 7.94. The first kappa shape index (κ1) is 23.8. The number of halogens is 2. The van der Waals surface area contributed by atoms with Crippen LogP contribution in [0.15, 0.2) is 58.0 Å². The Labute approximate surface area is 201 Å². The quantitative estimate of drug-likeness (QED) is 0.352. The van der Waals surface area contributed by atoms with Gasteiger partial charge in [0.25, 0.3) is 5.91 Å². The molecule has 1 N–H and O–H groups in total. The number of hydrogen-bond donors (Lipinski definition) is 1. The van der Waals surface area contributed by atoms with Crippen molar-refractivity contribution in [3.63, 3.8) is 0 Å². The van der Waals surface area contributed by atoms with E-state index in [0.717, 1.165) is 16.8 Å². The molecule has 0 aliphatic rings. The maximum absolute atomic E-state index is 12.3. The molecule has 166 valence electrons. The van der Waals surface area contributed by atoms with Crippen LogP contribution in [0.5, 0.6) is 11.5 Å². The number of nitrogens with zero attached hydrogens (tertiary/aromatic N) is 1. The molecule has 0 unspecified atom stereocenters. The van der Waals surface area contributed by atoms with Gasteiger partial charge in [0.1, 0.15) is 0 Å². The van der Waals surface area contributed by atoms with Gasteiger partial charge < -0.3 is 14.8 Å². The number of ether oxygens (including phenoxy) is 2. The zero-order valence-corrected chi connectivity index (χ0v) is 20.7. The van der Waals surface area contributed by atoms with Gasteiger partial charge in [0.15, 0.2) is 18.1 Å². The van der Waals surface area contributed by atoms with Crippen LogP contribution in [0.4, 0.5) is 11.4 Å². The molecule has 0 saturated heterocycles. The van der Waals surface area contributed by atoms with Crippen LogP contribution in [-0.4, -0.2) is 25.8 Å². The molecule has 0 saturated carbocycles.